The van der Waals surface area contributed by atoms with Crippen molar-refractivity contribution >= 4 is 28.2 Å². The summed E-state index contributed by atoms with van der Waals surface area (Å²) in [5.41, 5.74) is 4.37. The minimum Gasteiger partial charge on any atom is -0.724 e. The fourth-order valence-electron chi connectivity index (χ4n) is 3.07. The standard InChI is InChI=1S/C14H14F3N5O6S.Na/c15-14(16,17)7-1-3-9(19-5-7)12(23)20-11(18)10-4-2-8-6-21(10)13(24)22(8)28-29(25,26)27;/h1,3,5,8,10H,2,4,6H2,(H2,18,20,23)(H,25,26,27);/q;+1/p-1/t8-,10+;/m1./s1. The van der Waals surface area contributed by atoms with Crippen LogP contribution in [0.3, 0.4) is 0 Å². The fourth-order valence-corrected chi connectivity index (χ4v) is 3.46. The number of fused-ring (bicyclic) bond motifs is 2. The zero-order valence-electron chi connectivity index (χ0n) is 15.4. The van der Waals surface area contributed by atoms with Crippen LogP contribution in [0.1, 0.15) is 28.9 Å². The molecule has 3 heterocycles. The van der Waals surface area contributed by atoms with Crippen molar-refractivity contribution in [3.05, 3.63) is 29.6 Å². The summed E-state index contributed by atoms with van der Waals surface area (Å²) in [5, 5.41) is 0.439. The molecule has 2 saturated heterocycles. The SMILES string of the molecule is NC(=NC(=O)c1ccc(C(F)(F)F)cn1)[C@@H]1CC[C@@H]2CN1C(=O)N2OS(=O)(=O)[O-].[Na+]. The molecule has 158 valence electrons. The second-order valence-electron chi connectivity index (χ2n) is 6.26. The molecule has 3 rings (SSSR count). The van der Waals surface area contributed by atoms with E-state index >= 15 is 0 Å². The van der Waals surface area contributed by atoms with Gasteiger partial charge in [-0.2, -0.15) is 27.5 Å². The molecule has 0 unspecified atom stereocenters. The number of pyridine rings is 1. The average Bonchev–Trinajstić information content (AvgIpc) is 2.84. The van der Waals surface area contributed by atoms with Gasteiger partial charge in [-0.25, -0.2) is 13.2 Å². The molecule has 0 radical (unpaired) electrons. The molecule has 11 nitrogen and oxygen atoms in total. The third kappa shape index (κ3) is 5.28. The van der Waals surface area contributed by atoms with Crippen molar-refractivity contribution in [2.75, 3.05) is 6.54 Å². The molecule has 2 N–H and O–H groups in total. The molecule has 0 saturated carbocycles. The number of amidine groups is 1. The Morgan fingerprint density at radius 3 is 2.53 bits per heavy atom. The molecule has 30 heavy (non-hydrogen) atoms. The van der Waals surface area contributed by atoms with E-state index in [9.17, 15) is 35.7 Å². The summed E-state index contributed by atoms with van der Waals surface area (Å²) in [7, 11) is -5.16. The van der Waals surface area contributed by atoms with Gasteiger partial charge in [0.05, 0.1) is 17.6 Å². The van der Waals surface area contributed by atoms with Crippen LogP contribution in [0.5, 0.6) is 0 Å². The maximum Gasteiger partial charge on any atom is 1.00 e. The Morgan fingerprint density at radius 2 is 2.00 bits per heavy atom. The van der Waals surface area contributed by atoms with Gasteiger partial charge in [0, 0.05) is 12.7 Å². The number of aromatic nitrogens is 1. The summed E-state index contributed by atoms with van der Waals surface area (Å²) in [6.45, 7) is -0.0119. The van der Waals surface area contributed by atoms with Crippen LogP contribution in [0.15, 0.2) is 23.3 Å². The number of halogens is 3. The summed E-state index contributed by atoms with van der Waals surface area (Å²) in [6.07, 6.45) is -3.73. The molecule has 2 fully saturated rings. The summed E-state index contributed by atoms with van der Waals surface area (Å²) < 4.78 is 74.1. The maximum atomic E-state index is 12.5. The van der Waals surface area contributed by atoms with Gasteiger partial charge in [0.1, 0.15) is 11.5 Å². The van der Waals surface area contributed by atoms with Crippen LogP contribution in [0, 0.1) is 0 Å². The Balaban J connectivity index is 0.00000320. The van der Waals surface area contributed by atoms with E-state index in [-0.39, 0.29) is 60.5 Å². The number of nitrogens with zero attached hydrogens (tertiary/aromatic N) is 4. The first-order chi connectivity index (χ1) is 13.4. The van der Waals surface area contributed by atoms with Crippen molar-refractivity contribution in [2.24, 2.45) is 10.7 Å². The largest absolute Gasteiger partial charge is 1.00 e. The van der Waals surface area contributed by atoms with Crippen LogP contribution in [0.2, 0.25) is 0 Å². The first kappa shape index (κ1) is 24.5. The Kier molecular flexibility index (Phi) is 7.15. The second-order valence-corrected chi connectivity index (χ2v) is 7.23. The van der Waals surface area contributed by atoms with E-state index < -0.39 is 46.2 Å². The van der Waals surface area contributed by atoms with Crippen LogP contribution >= 0.6 is 0 Å². The maximum absolute atomic E-state index is 12.5. The van der Waals surface area contributed by atoms with Gasteiger partial charge in [0.2, 0.25) is 10.4 Å². The molecule has 3 amide bonds. The third-order valence-corrected chi connectivity index (χ3v) is 4.72. The molecule has 2 aliphatic rings. The van der Waals surface area contributed by atoms with Crippen LogP contribution < -0.4 is 35.3 Å². The van der Waals surface area contributed by atoms with E-state index in [0.717, 1.165) is 11.0 Å². The zero-order valence-corrected chi connectivity index (χ0v) is 18.2. The summed E-state index contributed by atoms with van der Waals surface area (Å²) in [6, 6.07) is -1.01. The van der Waals surface area contributed by atoms with E-state index in [1.165, 1.54) is 0 Å². The van der Waals surface area contributed by atoms with E-state index in [0.29, 0.717) is 17.3 Å². The van der Waals surface area contributed by atoms with Crippen LogP contribution in [-0.2, 0) is 20.9 Å². The number of rotatable bonds is 4. The molecule has 2 atom stereocenters. The van der Waals surface area contributed by atoms with Gasteiger partial charge >= 0.3 is 41.8 Å². The van der Waals surface area contributed by atoms with E-state index in [4.69, 9.17) is 5.73 Å². The van der Waals surface area contributed by atoms with Crippen LogP contribution in [0.25, 0.3) is 0 Å². The van der Waals surface area contributed by atoms with Crippen molar-refractivity contribution in [1.82, 2.24) is 14.9 Å². The van der Waals surface area contributed by atoms with Crippen LogP contribution in [-0.4, -0.2) is 64.3 Å². The Bertz CT molecular complexity index is 971. The van der Waals surface area contributed by atoms with Crippen LogP contribution in [0.4, 0.5) is 18.0 Å². The van der Waals surface area contributed by atoms with Crippen molar-refractivity contribution < 1.29 is 69.6 Å². The number of hydrogen-bond donors (Lipinski definition) is 1. The number of aliphatic imine (C=N–C) groups is 1. The Morgan fingerprint density at radius 1 is 1.33 bits per heavy atom. The quantitative estimate of drug-likeness (QED) is 0.167. The van der Waals surface area contributed by atoms with Gasteiger partial charge < -0.3 is 15.2 Å². The van der Waals surface area contributed by atoms with Gasteiger partial charge in [0.15, 0.2) is 0 Å². The molecular weight excluding hydrogens is 446 g/mol. The summed E-state index contributed by atoms with van der Waals surface area (Å²) in [4.78, 5) is 32.5. The number of urea groups is 1. The molecule has 0 aromatic carbocycles. The number of nitrogens with two attached hydrogens (primary N) is 1. The van der Waals surface area contributed by atoms with Gasteiger partial charge in [-0.15, -0.1) is 0 Å². The van der Waals surface area contributed by atoms with Crippen molar-refractivity contribution in [1.29, 1.82) is 0 Å². The van der Waals surface area contributed by atoms with Gasteiger partial charge in [-0.05, 0) is 25.0 Å². The second kappa shape index (κ2) is 8.76. The van der Waals surface area contributed by atoms with Gasteiger partial charge in [0.25, 0.3) is 5.91 Å². The Hall–Kier alpha value is -1.78. The summed E-state index contributed by atoms with van der Waals surface area (Å²) in [5.74, 6) is -1.32. The normalized spacial score (nSPS) is 22.1. The third-order valence-electron chi connectivity index (χ3n) is 4.38. The van der Waals surface area contributed by atoms with E-state index in [1.54, 1.807) is 0 Å². The molecule has 1 aromatic heterocycles. The molecule has 0 spiro atoms. The van der Waals surface area contributed by atoms with E-state index in [2.05, 4.69) is 14.3 Å². The number of hydroxylamine groups is 2. The number of alkyl halides is 3. The van der Waals surface area contributed by atoms with E-state index in [1.807, 2.05) is 0 Å². The number of carbonyl (C=O) groups excluding carboxylic acids is 2. The predicted molar refractivity (Wildman–Crippen MR) is 86.7 cm³/mol. The average molecular weight is 459 g/mol. The zero-order chi connectivity index (χ0) is 21.6. The topological polar surface area (TPSA) is 158 Å². The number of carbonyl (C=O) groups is 2. The molecule has 1 aromatic rings. The summed E-state index contributed by atoms with van der Waals surface area (Å²) >= 11 is 0. The molecular formula is C14H13F3N5NaO6S. The monoisotopic (exact) mass is 459 g/mol. The predicted octanol–water partition coefficient (Wildman–Crippen LogP) is -2.74. The Labute approximate surface area is 190 Å². The van der Waals surface area contributed by atoms with Crippen molar-refractivity contribution in [3.8, 4) is 0 Å². The first-order valence-electron chi connectivity index (χ1n) is 8.03. The smallest absolute Gasteiger partial charge is 0.724 e. The molecule has 16 heteroatoms. The molecule has 0 aliphatic carbocycles. The van der Waals surface area contributed by atoms with Gasteiger partial charge in [-0.3, -0.25) is 9.78 Å². The number of hydrogen-bond acceptors (Lipinski definition) is 7. The fraction of sp³-hybridized carbons (Fsp3) is 0.429. The molecule has 2 bridgehead atoms. The number of piperidine rings is 1. The van der Waals surface area contributed by atoms with Crippen molar-refractivity contribution in [2.45, 2.75) is 31.1 Å². The van der Waals surface area contributed by atoms with Crippen molar-refractivity contribution in [3.63, 3.8) is 0 Å². The minimum atomic E-state index is -5.16. The minimum absolute atomic E-state index is 0. The first-order valence-corrected chi connectivity index (χ1v) is 9.37. The van der Waals surface area contributed by atoms with Gasteiger partial charge in [-0.1, -0.05) is 0 Å². The number of amides is 3. The molecule has 2 aliphatic heterocycles.